The predicted octanol–water partition coefficient (Wildman–Crippen LogP) is 1.47. The van der Waals surface area contributed by atoms with Crippen molar-refractivity contribution in [1.29, 1.82) is 0 Å². The number of rotatable bonds is 1. The Morgan fingerprint density at radius 2 is 2.50 bits per heavy atom. The van der Waals surface area contributed by atoms with Crippen molar-refractivity contribution in [2.75, 3.05) is 0 Å². The van der Waals surface area contributed by atoms with Crippen molar-refractivity contribution >= 4 is 12.4 Å². The summed E-state index contributed by atoms with van der Waals surface area (Å²) in [5.41, 5.74) is 0. The molecular weight excluding hydrogens is 100 g/mol. The van der Waals surface area contributed by atoms with E-state index < -0.39 is 0 Å². The van der Waals surface area contributed by atoms with Crippen LogP contribution in [0, 0.1) is 5.92 Å². The van der Waals surface area contributed by atoms with Gasteiger partial charge in [-0.25, -0.2) is 0 Å². The fourth-order valence-electron chi connectivity index (χ4n) is 0.695. The van der Waals surface area contributed by atoms with Crippen LogP contribution < -0.4 is 0 Å². The Bertz CT molecular complexity index is 116. The van der Waals surface area contributed by atoms with Crippen LogP contribution in [-0.2, 0) is 0 Å². The van der Waals surface area contributed by atoms with E-state index in [-0.39, 0.29) is 0 Å². The molecule has 8 heavy (non-hydrogen) atoms. The maximum atomic E-state index is 3.77. The molecule has 1 heterocycles. The molecule has 2 heteroatoms. The van der Waals surface area contributed by atoms with E-state index in [1.54, 1.807) is 0 Å². The van der Waals surface area contributed by atoms with E-state index >= 15 is 0 Å². The van der Waals surface area contributed by atoms with Gasteiger partial charge in [-0.3, -0.25) is 0 Å². The summed E-state index contributed by atoms with van der Waals surface area (Å²) in [4.78, 5) is 0. The van der Waals surface area contributed by atoms with Crippen LogP contribution in [0.3, 0.4) is 0 Å². The Morgan fingerprint density at radius 3 is 2.88 bits per heavy atom. The Morgan fingerprint density at radius 1 is 1.62 bits per heavy atom. The van der Waals surface area contributed by atoms with Gasteiger partial charge in [0.1, 0.15) is 0 Å². The molecule has 0 N–H and O–H groups in total. The summed E-state index contributed by atoms with van der Waals surface area (Å²) in [6, 6.07) is 0. The molecule has 0 amide bonds. The van der Waals surface area contributed by atoms with E-state index in [4.69, 9.17) is 0 Å². The van der Waals surface area contributed by atoms with Crippen LogP contribution in [0.15, 0.2) is 10.2 Å². The fraction of sp³-hybridized carbons (Fsp3) is 0.667. The molecular formula is C6H10N2. The zero-order valence-electron chi connectivity index (χ0n) is 5.04. The molecule has 1 rings (SSSR count). The summed E-state index contributed by atoms with van der Waals surface area (Å²) >= 11 is 0. The second-order valence-electron chi connectivity index (χ2n) is 1.97. The van der Waals surface area contributed by atoms with Gasteiger partial charge < -0.3 is 0 Å². The molecule has 0 bridgehead atoms. The van der Waals surface area contributed by atoms with Gasteiger partial charge in [0.05, 0.1) is 0 Å². The van der Waals surface area contributed by atoms with Crippen LogP contribution in [-0.4, -0.2) is 12.4 Å². The summed E-state index contributed by atoms with van der Waals surface area (Å²) in [6.45, 7) is 2.16. The highest BCUT2D eigenvalue weighted by Crippen LogP contribution is 2.05. The van der Waals surface area contributed by atoms with Gasteiger partial charge in [0, 0.05) is 18.3 Å². The van der Waals surface area contributed by atoms with Gasteiger partial charge in [-0.05, 0) is 12.8 Å². The lowest BCUT2D eigenvalue weighted by atomic mass is 10.1. The van der Waals surface area contributed by atoms with Crippen molar-refractivity contribution in [3.63, 3.8) is 0 Å². The van der Waals surface area contributed by atoms with E-state index in [0.29, 0.717) is 5.92 Å². The molecule has 2 nitrogen and oxygen atoms in total. The maximum Gasteiger partial charge on any atom is 0.0304 e. The van der Waals surface area contributed by atoms with E-state index in [2.05, 4.69) is 17.1 Å². The Hall–Kier alpha value is -0.660. The highest BCUT2D eigenvalue weighted by atomic mass is 15.2. The molecule has 0 radical (unpaired) electrons. The van der Waals surface area contributed by atoms with Gasteiger partial charge in [-0.15, -0.1) is 0 Å². The van der Waals surface area contributed by atoms with Crippen molar-refractivity contribution in [3.05, 3.63) is 0 Å². The van der Waals surface area contributed by atoms with Crippen molar-refractivity contribution in [3.8, 4) is 0 Å². The molecule has 0 aromatic carbocycles. The van der Waals surface area contributed by atoms with Crippen LogP contribution in [0.2, 0.25) is 0 Å². The normalized spacial score (nSPS) is 26.4. The average molecular weight is 110 g/mol. The van der Waals surface area contributed by atoms with Crippen molar-refractivity contribution in [2.45, 2.75) is 19.8 Å². The smallest absolute Gasteiger partial charge is 0.0304 e. The van der Waals surface area contributed by atoms with Crippen LogP contribution >= 0.6 is 0 Å². The minimum Gasteiger partial charge on any atom is -0.164 e. The van der Waals surface area contributed by atoms with E-state index in [1.807, 2.05) is 12.4 Å². The third-order valence-corrected chi connectivity index (χ3v) is 1.36. The Labute approximate surface area is 49.3 Å². The third kappa shape index (κ3) is 1.15. The summed E-state index contributed by atoms with van der Waals surface area (Å²) < 4.78 is 0. The Kier molecular flexibility index (Phi) is 1.78. The zero-order chi connectivity index (χ0) is 5.82. The number of hydrogen-bond acceptors (Lipinski definition) is 2. The van der Waals surface area contributed by atoms with E-state index in [1.165, 1.54) is 6.42 Å². The fourth-order valence-corrected chi connectivity index (χ4v) is 0.695. The minimum absolute atomic E-state index is 0.646. The second-order valence-corrected chi connectivity index (χ2v) is 1.97. The first-order valence-corrected chi connectivity index (χ1v) is 2.98. The molecule has 0 aliphatic carbocycles. The highest BCUT2D eigenvalue weighted by molar-refractivity contribution is 5.71. The quantitative estimate of drug-likeness (QED) is 0.488. The highest BCUT2D eigenvalue weighted by Gasteiger charge is 2.01. The standard InChI is InChI=1S/C6H10N2/c1-2-6-3-4-7-8-5-6/h4-6H,2-3H2,1H3. The van der Waals surface area contributed by atoms with Crippen LogP contribution in [0.1, 0.15) is 19.8 Å². The summed E-state index contributed by atoms with van der Waals surface area (Å²) in [7, 11) is 0. The van der Waals surface area contributed by atoms with Crippen molar-refractivity contribution in [2.24, 2.45) is 16.1 Å². The van der Waals surface area contributed by atoms with Gasteiger partial charge in [0.15, 0.2) is 0 Å². The second kappa shape index (κ2) is 2.60. The lowest BCUT2D eigenvalue weighted by Crippen LogP contribution is -2.03. The summed E-state index contributed by atoms with van der Waals surface area (Å²) in [6.07, 6.45) is 6.03. The Balaban J connectivity index is 2.40. The molecule has 0 aromatic heterocycles. The molecule has 1 aliphatic rings. The van der Waals surface area contributed by atoms with Gasteiger partial charge in [-0.1, -0.05) is 6.92 Å². The van der Waals surface area contributed by atoms with Crippen LogP contribution in [0.25, 0.3) is 0 Å². The first kappa shape index (κ1) is 5.48. The third-order valence-electron chi connectivity index (χ3n) is 1.36. The molecule has 0 aromatic rings. The molecule has 0 saturated carbocycles. The number of hydrogen-bond donors (Lipinski definition) is 0. The van der Waals surface area contributed by atoms with Crippen LogP contribution in [0.4, 0.5) is 0 Å². The van der Waals surface area contributed by atoms with Crippen LogP contribution in [0.5, 0.6) is 0 Å². The van der Waals surface area contributed by atoms with E-state index in [9.17, 15) is 0 Å². The van der Waals surface area contributed by atoms with E-state index in [0.717, 1.165) is 6.42 Å². The molecule has 1 atom stereocenters. The maximum absolute atomic E-state index is 3.77. The first-order chi connectivity index (χ1) is 3.93. The number of nitrogens with zero attached hydrogens (tertiary/aromatic N) is 2. The lowest BCUT2D eigenvalue weighted by molar-refractivity contribution is 0.702. The van der Waals surface area contributed by atoms with Gasteiger partial charge in [0.25, 0.3) is 0 Å². The van der Waals surface area contributed by atoms with Gasteiger partial charge >= 0.3 is 0 Å². The minimum atomic E-state index is 0.646. The first-order valence-electron chi connectivity index (χ1n) is 2.98. The predicted molar refractivity (Wildman–Crippen MR) is 35.4 cm³/mol. The summed E-state index contributed by atoms with van der Waals surface area (Å²) in [5, 5.41) is 7.49. The van der Waals surface area contributed by atoms with Crippen molar-refractivity contribution in [1.82, 2.24) is 0 Å². The topological polar surface area (TPSA) is 24.7 Å². The SMILES string of the molecule is CCC1C=NN=CC1. The molecule has 0 fully saturated rings. The lowest BCUT2D eigenvalue weighted by Gasteiger charge is -2.05. The molecule has 44 valence electrons. The molecule has 1 unspecified atom stereocenters. The van der Waals surface area contributed by atoms with Gasteiger partial charge in [-0.2, -0.15) is 10.2 Å². The molecule has 0 saturated heterocycles. The largest absolute Gasteiger partial charge is 0.164 e. The van der Waals surface area contributed by atoms with Gasteiger partial charge in [0.2, 0.25) is 0 Å². The van der Waals surface area contributed by atoms with Crippen molar-refractivity contribution < 1.29 is 0 Å². The molecule has 1 aliphatic heterocycles. The average Bonchev–Trinajstić information content (AvgIpc) is 1.90. The monoisotopic (exact) mass is 110 g/mol. The molecule has 0 spiro atoms. The summed E-state index contributed by atoms with van der Waals surface area (Å²) in [5.74, 6) is 0.646. The zero-order valence-corrected chi connectivity index (χ0v) is 5.04.